The van der Waals surface area contributed by atoms with Crippen molar-refractivity contribution < 1.29 is 14.3 Å². The van der Waals surface area contributed by atoms with Crippen LogP contribution in [0, 0.1) is 11.3 Å². The minimum Gasteiger partial charge on any atom is -0.444 e. The summed E-state index contributed by atoms with van der Waals surface area (Å²) in [5, 5.41) is 18.7. The summed E-state index contributed by atoms with van der Waals surface area (Å²) in [7, 11) is 0. The van der Waals surface area contributed by atoms with E-state index in [0.717, 1.165) is 27.7 Å². The summed E-state index contributed by atoms with van der Waals surface area (Å²) < 4.78 is 7.20. The zero-order chi connectivity index (χ0) is 26.7. The third kappa shape index (κ3) is 3.95. The van der Waals surface area contributed by atoms with Gasteiger partial charge in [0.2, 0.25) is 5.91 Å². The molecule has 6 rings (SSSR count). The number of aromatic nitrogens is 3. The van der Waals surface area contributed by atoms with E-state index >= 15 is 0 Å². The number of nitriles is 1. The van der Waals surface area contributed by atoms with Gasteiger partial charge < -0.3 is 15.0 Å². The zero-order valence-electron chi connectivity index (χ0n) is 21.4. The Balaban J connectivity index is 1.38. The van der Waals surface area contributed by atoms with E-state index in [2.05, 4.69) is 11.4 Å². The quantitative estimate of drug-likeness (QED) is 0.413. The van der Waals surface area contributed by atoms with Gasteiger partial charge >= 0.3 is 6.09 Å². The first-order chi connectivity index (χ1) is 18.2. The van der Waals surface area contributed by atoms with Crippen molar-refractivity contribution in [3.8, 4) is 28.6 Å². The van der Waals surface area contributed by atoms with Gasteiger partial charge in [-0.05, 0) is 32.9 Å². The molecule has 2 aromatic carbocycles. The Morgan fingerprint density at radius 2 is 1.82 bits per heavy atom. The molecule has 1 spiro atoms. The van der Waals surface area contributed by atoms with Crippen LogP contribution in [0.15, 0.2) is 60.7 Å². The normalized spacial score (nSPS) is 15.9. The Bertz CT molecular complexity index is 1640. The van der Waals surface area contributed by atoms with Crippen LogP contribution in [-0.2, 0) is 15.1 Å². The lowest BCUT2D eigenvalue weighted by molar-refractivity contribution is -0.123. The van der Waals surface area contributed by atoms with E-state index in [9.17, 15) is 14.9 Å². The molecule has 0 saturated carbocycles. The molecule has 2 aliphatic rings. The number of benzene rings is 2. The van der Waals surface area contributed by atoms with Crippen molar-refractivity contribution >= 4 is 28.7 Å². The number of carbonyl (C=O) groups excluding carboxylic acids is 2. The first kappa shape index (κ1) is 23.7. The first-order valence-corrected chi connectivity index (χ1v) is 12.4. The maximum Gasteiger partial charge on any atom is 0.410 e. The van der Waals surface area contributed by atoms with Crippen LogP contribution >= 0.6 is 0 Å². The summed E-state index contributed by atoms with van der Waals surface area (Å²) in [6.07, 6.45) is -0.274. The molecule has 0 unspecified atom stereocenters. The van der Waals surface area contributed by atoms with Crippen molar-refractivity contribution in [3.05, 3.63) is 66.2 Å². The Morgan fingerprint density at radius 3 is 2.53 bits per heavy atom. The fourth-order valence-corrected chi connectivity index (χ4v) is 5.13. The summed E-state index contributed by atoms with van der Waals surface area (Å²) in [6.45, 7) is 5.98. The molecule has 0 bridgehead atoms. The minimum absolute atomic E-state index is 0.158. The fourth-order valence-electron chi connectivity index (χ4n) is 5.13. The number of likely N-dealkylation sites (tertiary alicyclic amines) is 1. The number of ether oxygens (including phenoxy) is 1. The third-order valence-corrected chi connectivity index (χ3v) is 6.85. The lowest BCUT2D eigenvalue weighted by Gasteiger charge is -2.51. The molecule has 0 radical (unpaired) electrons. The van der Waals surface area contributed by atoms with Crippen LogP contribution < -0.4 is 5.32 Å². The van der Waals surface area contributed by atoms with Gasteiger partial charge in [-0.2, -0.15) is 10.4 Å². The van der Waals surface area contributed by atoms with Gasteiger partial charge in [0.05, 0.1) is 30.7 Å². The van der Waals surface area contributed by atoms with Gasteiger partial charge in [-0.3, -0.25) is 4.79 Å². The molecule has 2 aliphatic heterocycles. The number of amides is 2. The van der Waals surface area contributed by atoms with Crippen LogP contribution in [0.4, 0.5) is 10.6 Å². The smallest absolute Gasteiger partial charge is 0.410 e. The SMILES string of the molecule is CC(C)(C)OC(=O)N1CC2(CC(=O)Nc3c(C#N)c(-c4ccc5ccc(-c6ccccc6)nc5c4)nn32)C1. The van der Waals surface area contributed by atoms with Crippen LogP contribution in [0.25, 0.3) is 33.4 Å². The van der Waals surface area contributed by atoms with Gasteiger partial charge in [0, 0.05) is 16.5 Å². The number of hydrogen-bond acceptors (Lipinski definition) is 6. The molecule has 38 heavy (non-hydrogen) atoms. The van der Waals surface area contributed by atoms with E-state index in [1.54, 1.807) is 9.58 Å². The number of fused-ring (bicyclic) bond motifs is 3. The highest BCUT2D eigenvalue weighted by Crippen LogP contribution is 2.42. The van der Waals surface area contributed by atoms with Gasteiger partial charge in [-0.1, -0.05) is 48.5 Å². The predicted octanol–water partition coefficient (Wildman–Crippen LogP) is 4.93. The van der Waals surface area contributed by atoms with Crippen molar-refractivity contribution in [3.63, 3.8) is 0 Å². The van der Waals surface area contributed by atoms with E-state index in [1.807, 2.05) is 81.4 Å². The molecule has 4 aromatic rings. The highest BCUT2D eigenvalue weighted by Gasteiger charge is 2.53. The van der Waals surface area contributed by atoms with E-state index in [4.69, 9.17) is 14.8 Å². The standard InChI is InChI=1S/C29H26N6O3/c1-28(2,3)38-27(37)34-16-29(17-34)14-24(36)32-26-21(15-30)25(33-35(26)29)20-10-9-19-11-12-22(31-23(19)13-20)18-7-5-4-6-8-18/h4-13H,14,16-17H2,1-3H3,(H,32,36). The van der Waals surface area contributed by atoms with Gasteiger partial charge in [-0.15, -0.1) is 0 Å². The summed E-state index contributed by atoms with van der Waals surface area (Å²) in [6, 6.07) is 21.9. The summed E-state index contributed by atoms with van der Waals surface area (Å²) in [5.74, 6) is 0.144. The van der Waals surface area contributed by atoms with Gasteiger partial charge in [-0.25, -0.2) is 14.5 Å². The minimum atomic E-state index is -0.728. The highest BCUT2D eigenvalue weighted by atomic mass is 16.6. The van der Waals surface area contributed by atoms with Crippen molar-refractivity contribution in [1.82, 2.24) is 19.7 Å². The fraction of sp³-hybridized carbons (Fsp3) is 0.276. The molecular formula is C29H26N6O3. The number of nitrogens with zero attached hydrogens (tertiary/aromatic N) is 5. The van der Waals surface area contributed by atoms with Gasteiger partial charge in [0.15, 0.2) is 0 Å². The maximum atomic E-state index is 12.7. The number of carbonyl (C=O) groups is 2. The summed E-state index contributed by atoms with van der Waals surface area (Å²) in [5.41, 5.74) is 2.76. The molecule has 1 N–H and O–H groups in total. The van der Waals surface area contributed by atoms with Crippen LogP contribution in [0.1, 0.15) is 32.8 Å². The molecule has 0 atom stereocenters. The summed E-state index contributed by atoms with van der Waals surface area (Å²) >= 11 is 0. The molecule has 4 heterocycles. The van der Waals surface area contributed by atoms with Crippen molar-refractivity contribution in [2.45, 2.75) is 38.3 Å². The van der Waals surface area contributed by atoms with Crippen molar-refractivity contribution in [1.29, 1.82) is 5.26 Å². The molecule has 1 fully saturated rings. The average Bonchev–Trinajstić information content (AvgIpc) is 3.24. The van der Waals surface area contributed by atoms with Crippen LogP contribution in [-0.4, -0.2) is 50.4 Å². The second-order valence-electron chi connectivity index (χ2n) is 10.9. The van der Waals surface area contributed by atoms with Gasteiger partial charge in [0.25, 0.3) is 0 Å². The van der Waals surface area contributed by atoms with Crippen molar-refractivity contribution in [2.24, 2.45) is 0 Å². The number of hydrogen-bond donors (Lipinski definition) is 1. The molecule has 2 amide bonds. The first-order valence-electron chi connectivity index (χ1n) is 12.4. The molecule has 1 saturated heterocycles. The highest BCUT2D eigenvalue weighted by molar-refractivity contribution is 5.96. The maximum absolute atomic E-state index is 12.7. The van der Waals surface area contributed by atoms with E-state index in [0.29, 0.717) is 11.5 Å². The second-order valence-corrected chi connectivity index (χ2v) is 10.9. The molecule has 0 aliphatic carbocycles. The largest absolute Gasteiger partial charge is 0.444 e. The van der Waals surface area contributed by atoms with Crippen LogP contribution in [0.3, 0.4) is 0 Å². The number of nitrogens with one attached hydrogen (secondary N) is 1. The Morgan fingerprint density at radius 1 is 1.08 bits per heavy atom. The molecule has 2 aromatic heterocycles. The third-order valence-electron chi connectivity index (χ3n) is 6.85. The van der Waals surface area contributed by atoms with Gasteiger partial charge in [0.1, 0.15) is 34.3 Å². The van der Waals surface area contributed by atoms with Crippen LogP contribution in [0.2, 0.25) is 0 Å². The Labute approximate surface area is 219 Å². The van der Waals surface area contributed by atoms with Crippen LogP contribution in [0.5, 0.6) is 0 Å². The van der Waals surface area contributed by atoms with E-state index in [-0.39, 0.29) is 31.0 Å². The van der Waals surface area contributed by atoms with E-state index < -0.39 is 17.2 Å². The second kappa shape index (κ2) is 8.42. The summed E-state index contributed by atoms with van der Waals surface area (Å²) in [4.78, 5) is 31.7. The molecule has 9 heteroatoms. The van der Waals surface area contributed by atoms with Crippen molar-refractivity contribution in [2.75, 3.05) is 18.4 Å². The average molecular weight is 507 g/mol. The zero-order valence-corrected chi connectivity index (χ0v) is 21.4. The molecular weight excluding hydrogens is 480 g/mol. The lowest BCUT2D eigenvalue weighted by atomic mass is 9.85. The Hall–Kier alpha value is -4.71. The molecule has 9 nitrogen and oxygen atoms in total. The number of pyridine rings is 1. The molecule has 190 valence electrons. The topological polar surface area (TPSA) is 113 Å². The monoisotopic (exact) mass is 506 g/mol. The number of anilines is 1. The number of rotatable bonds is 2. The Kier molecular flexibility index (Phi) is 5.24. The lowest BCUT2D eigenvalue weighted by Crippen LogP contribution is -2.67. The predicted molar refractivity (Wildman–Crippen MR) is 142 cm³/mol. The van der Waals surface area contributed by atoms with E-state index in [1.165, 1.54) is 0 Å².